The lowest BCUT2D eigenvalue weighted by molar-refractivity contribution is -0.132. The third-order valence-corrected chi connectivity index (χ3v) is 5.11. The van der Waals surface area contributed by atoms with E-state index in [0.717, 1.165) is 24.0 Å². The van der Waals surface area contributed by atoms with Gasteiger partial charge in [0.25, 0.3) is 5.56 Å². The van der Waals surface area contributed by atoms with Gasteiger partial charge < -0.3 is 4.90 Å². The third-order valence-electron chi connectivity index (χ3n) is 5.11. The molecule has 2 aromatic carbocycles. The molecule has 1 aliphatic heterocycles. The van der Waals surface area contributed by atoms with Crippen molar-refractivity contribution in [1.29, 1.82) is 0 Å². The van der Waals surface area contributed by atoms with Crippen LogP contribution in [0.3, 0.4) is 0 Å². The van der Waals surface area contributed by atoms with E-state index in [9.17, 15) is 9.59 Å². The third kappa shape index (κ3) is 3.01. The van der Waals surface area contributed by atoms with Gasteiger partial charge in [0, 0.05) is 26.1 Å². The zero-order chi connectivity index (χ0) is 18.1. The minimum absolute atomic E-state index is 0.0794. The van der Waals surface area contributed by atoms with Crippen molar-refractivity contribution in [3.63, 3.8) is 0 Å². The van der Waals surface area contributed by atoms with Crippen molar-refractivity contribution in [3.05, 3.63) is 75.8 Å². The van der Waals surface area contributed by atoms with Crippen LogP contribution in [0, 0.1) is 6.92 Å². The van der Waals surface area contributed by atoms with Gasteiger partial charge in [0.05, 0.1) is 17.2 Å². The number of nitrogens with zero attached hydrogens (tertiary/aromatic N) is 3. The van der Waals surface area contributed by atoms with Gasteiger partial charge in [-0.1, -0.05) is 36.4 Å². The average molecular weight is 347 g/mol. The first kappa shape index (κ1) is 16.5. The Hall–Kier alpha value is -2.95. The average Bonchev–Trinajstić information content (AvgIpc) is 2.67. The summed E-state index contributed by atoms with van der Waals surface area (Å²) in [7, 11) is 0. The van der Waals surface area contributed by atoms with Gasteiger partial charge in [0.1, 0.15) is 0 Å². The molecule has 1 amide bonds. The number of benzene rings is 2. The van der Waals surface area contributed by atoms with Gasteiger partial charge >= 0.3 is 0 Å². The molecule has 0 saturated heterocycles. The highest BCUT2D eigenvalue weighted by Crippen LogP contribution is 2.19. The molecule has 2 heterocycles. The van der Waals surface area contributed by atoms with Crippen LogP contribution in [0.25, 0.3) is 10.9 Å². The van der Waals surface area contributed by atoms with E-state index >= 15 is 0 Å². The number of rotatable bonds is 3. The number of aromatic nitrogens is 2. The van der Waals surface area contributed by atoms with Crippen LogP contribution in [-0.4, -0.2) is 26.9 Å². The molecule has 0 unspecified atom stereocenters. The molecule has 1 aromatic heterocycles. The Kier molecular flexibility index (Phi) is 4.29. The van der Waals surface area contributed by atoms with Crippen molar-refractivity contribution in [2.24, 2.45) is 0 Å². The van der Waals surface area contributed by atoms with Crippen LogP contribution in [0.15, 0.2) is 53.6 Å². The Morgan fingerprint density at radius 2 is 1.92 bits per heavy atom. The lowest BCUT2D eigenvalue weighted by Gasteiger charge is -2.29. The summed E-state index contributed by atoms with van der Waals surface area (Å²) in [5.74, 6) is 0.0794. The molecule has 5 nitrogen and oxygen atoms in total. The van der Waals surface area contributed by atoms with E-state index in [1.807, 2.05) is 36.1 Å². The number of carbonyl (C=O) groups is 1. The standard InChI is InChI=1S/C21H21N3O2/c1-15-5-4-8-18-20(15)22-14-24(21(18)26)12-10-19(25)23-11-9-16-6-2-3-7-17(16)13-23/h2-8,14H,9-13H2,1H3. The van der Waals surface area contributed by atoms with Crippen LogP contribution in [0.4, 0.5) is 0 Å². The molecule has 4 rings (SSSR count). The molecule has 0 aliphatic carbocycles. The first-order valence-electron chi connectivity index (χ1n) is 8.93. The molecule has 0 spiro atoms. The maximum absolute atomic E-state index is 12.6. The van der Waals surface area contributed by atoms with Gasteiger partial charge in [0.15, 0.2) is 0 Å². The Morgan fingerprint density at radius 3 is 2.77 bits per heavy atom. The van der Waals surface area contributed by atoms with E-state index in [-0.39, 0.29) is 11.5 Å². The predicted molar refractivity (Wildman–Crippen MR) is 101 cm³/mol. The van der Waals surface area contributed by atoms with E-state index in [1.54, 1.807) is 12.4 Å². The molecule has 0 N–H and O–H groups in total. The summed E-state index contributed by atoms with van der Waals surface area (Å²) >= 11 is 0. The molecular weight excluding hydrogens is 326 g/mol. The highest BCUT2D eigenvalue weighted by molar-refractivity contribution is 5.80. The van der Waals surface area contributed by atoms with Crippen molar-refractivity contribution in [1.82, 2.24) is 14.5 Å². The van der Waals surface area contributed by atoms with Gasteiger partial charge in [-0.05, 0) is 36.1 Å². The monoisotopic (exact) mass is 347 g/mol. The Morgan fingerprint density at radius 1 is 1.12 bits per heavy atom. The van der Waals surface area contributed by atoms with Crippen molar-refractivity contribution >= 4 is 16.8 Å². The summed E-state index contributed by atoms with van der Waals surface area (Å²) in [5, 5.41) is 0.604. The normalized spacial score (nSPS) is 13.7. The number of para-hydroxylation sites is 1. The number of hydrogen-bond donors (Lipinski definition) is 0. The van der Waals surface area contributed by atoms with E-state index in [1.165, 1.54) is 15.7 Å². The van der Waals surface area contributed by atoms with Crippen molar-refractivity contribution in [2.75, 3.05) is 6.54 Å². The maximum Gasteiger partial charge on any atom is 0.261 e. The quantitative estimate of drug-likeness (QED) is 0.732. The Balaban J connectivity index is 1.48. The second kappa shape index (κ2) is 6.75. The largest absolute Gasteiger partial charge is 0.338 e. The summed E-state index contributed by atoms with van der Waals surface area (Å²) in [4.78, 5) is 31.5. The second-order valence-electron chi connectivity index (χ2n) is 6.80. The molecule has 1 aliphatic rings. The predicted octanol–water partition coefficient (Wildman–Crippen LogP) is 2.68. The number of hydrogen-bond acceptors (Lipinski definition) is 3. The summed E-state index contributed by atoms with van der Waals surface area (Å²) in [6.07, 6.45) is 2.75. The molecule has 0 saturated carbocycles. The summed E-state index contributed by atoms with van der Waals surface area (Å²) in [6, 6.07) is 13.8. The van der Waals surface area contributed by atoms with E-state index in [2.05, 4.69) is 17.1 Å². The number of amides is 1. The lowest BCUT2D eigenvalue weighted by Crippen LogP contribution is -2.36. The van der Waals surface area contributed by atoms with Crippen LogP contribution >= 0.6 is 0 Å². The highest BCUT2D eigenvalue weighted by atomic mass is 16.2. The lowest BCUT2D eigenvalue weighted by atomic mass is 10.00. The molecule has 26 heavy (non-hydrogen) atoms. The van der Waals surface area contributed by atoms with E-state index in [0.29, 0.717) is 24.9 Å². The van der Waals surface area contributed by atoms with Crippen LogP contribution in [0.5, 0.6) is 0 Å². The maximum atomic E-state index is 12.6. The van der Waals surface area contributed by atoms with Gasteiger partial charge in [-0.25, -0.2) is 4.98 Å². The highest BCUT2D eigenvalue weighted by Gasteiger charge is 2.20. The van der Waals surface area contributed by atoms with Crippen LogP contribution in [-0.2, 0) is 24.3 Å². The second-order valence-corrected chi connectivity index (χ2v) is 6.80. The minimum Gasteiger partial charge on any atom is -0.338 e. The van der Waals surface area contributed by atoms with Gasteiger partial charge in [-0.15, -0.1) is 0 Å². The van der Waals surface area contributed by atoms with Crippen LogP contribution in [0.1, 0.15) is 23.1 Å². The smallest absolute Gasteiger partial charge is 0.261 e. The van der Waals surface area contributed by atoms with E-state index in [4.69, 9.17) is 0 Å². The SMILES string of the molecule is Cc1cccc2c(=O)n(CCC(=O)N3CCc4ccccc4C3)cnc12. The fourth-order valence-corrected chi connectivity index (χ4v) is 3.58. The van der Waals surface area contributed by atoms with Gasteiger partial charge in [0.2, 0.25) is 5.91 Å². The van der Waals surface area contributed by atoms with Crippen molar-refractivity contribution in [3.8, 4) is 0 Å². The number of fused-ring (bicyclic) bond motifs is 2. The topological polar surface area (TPSA) is 55.2 Å². The van der Waals surface area contributed by atoms with Crippen molar-refractivity contribution < 1.29 is 4.79 Å². The Labute approximate surface area is 151 Å². The molecule has 0 radical (unpaired) electrons. The van der Waals surface area contributed by atoms with E-state index < -0.39 is 0 Å². The number of carbonyl (C=O) groups excluding carboxylic acids is 1. The zero-order valence-electron chi connectivity index (χ0n) is 14.8. The van der Waals surface area contributed by atoms with Gasteiger partial charge in [-0.3, -0.25) is 14.2 Å². The fourth-order valence-electron chi connectivity index (χ4n) is 3.58. The van der Waals surface area contributed by atoms with Crippen molar-refractivity contribution in [2.45, 2.75) is 32.9 Å². The summed E-state index contributed by atoms with van der Waals surface area (Å²) in [5.41, 5.74) is 4.16. The van der Waals surface area contributed by atoms with Gasteiger partial charge in [-0.2, -0.15) is 0 Å². The fraction of sp³-hybridized carbons (Fsp3) is 0.286. The Bertz CT molecular complexity index is 1040. The first-order valence-corrected chi connectivity index (χ1v) is 8.93. The molecule has 0 bridgehead atoms. The molecule has 0 fully saturated rings. The summed E-state index contributed by atoms with van der Waals surface area (Å²) in [6.45, 7) is 3.68. The zero-order valence-corrected chi connectivity index (χ0v) is 14.8. The van der Waals surface area contributed by atoms with Crippen LogP contribution in [0.2, 0.25) is 0 Å². The minimum atomic E-state index is -0.0875. The summed E-state index contributed by atoms with van der Waals surface area (Å²) < 4.78 is 1.54. The molecular formula is C21H21N3O2. The first-order chi connectivity index (χ1) is 12.6. The molecule has 5 heteroatoms. The number of aryl methyl sites for hydroxylation is 2. The molecule has 3 aromatic rings. The molecule has 0 atom stereocenters. The van der Waals surface area contributed by atoms with Crippen LogP contribution < -0.4 is 5.56 Å². The molecule has 132 valence electrons.